The van der Waals surface area contributed by atoms with Gasteiger partial charge in [-0.2, -0.15) is 0 Å². The Morgan fingerprint density at radius 2 is 1.88 bits per heavy atom. The van der Waals surface area contributed by atoms with E-state index in [1.807, 2.05) is 0 Å². The van der Waals surface area contributed by atoms with Crippen LogP contribution in [0.15, 0.2) is 0 Å². The van der Waals surface area contributed by atoms with Crippen molar-refractivity contribution < 1.29 is 24.1 Å². The first-order valence-electron chi connectivity index (χ1n) is 5.63. The van der Waals surface area contributed by atoms with Crippen LogP contribution < -0.4 is 5.32 Å². The van der Waals surface area contributed by atoms with Gasteiger partial charge >= 0.3 is 5.97 Å². The number of hydrogen-bond donors (Lipinski definition) is 2. The van der Waals surface area contributed by atoms with Crippen LogP contribution in [0.3, 0.4) is 0 Å². The third kappa shape index (κ3) is 7.27. The summed E-state index contributed by atoms with van der Waals surface area (Å²) < 4.78 is 15.4. The zero-order valence-electron chi connectivity index (χ0n) is 10.8. The zero-order chi connectivity index (χ0) is 13.1. The Bertz CT molecular complexity index is 212. The number of carboxylic acids is 1. The topological polar surface area (TPSA) is 77.0 Å². The monoisotopic (exact) mass is 249 g/mol. The lowest BCUT2D eigenvalue weighted by Crippen LogP contribution is -2.51. The number of carboxylic acid groups (broad SMARTS) is 1. The third-order valence-electron chi connectivity index (χ3n) is 2.42. The number of hydrogen-bond acceptors (Lipinski definition) is 5. The molecule has 17 heavy (non-hydrogen) atoms. The number of likely N-dealkylation sites (N-methyl/N-ethyl adjacent to an activating group) is 1. The minimum atomic E-state index is -1.03. The van der Waals surface area contributed by atoms with Crippen LogP contribution in [-0.2, 0) is 19.0 Å². The molecular formula is C11H23NO5. The van der Waals surface area contributed by atoms with Gasteiger partial charge < -0.3 is 24.6 Å². The standard InChI is InChI=1S/C11H23NO5/c1-11(12-2,10(13)14)9-17-6-4-5-16-8-7-15-3/h12H,4-9H2,1-3H3,(H,13,14). The molecule has 0 rings (SSSR count). The van der Waals surface area contributed by atoms with E-state index in [1.54, 1.807) is 21.1 Å². The van der Waals surface area contributed by atoms with Gasteiger partial charge in [0.25, 0.3) is 0 Å². The lowest BCUT2D eigenvalue weighted by molar-refractivity contribution is -0.146. The molecule has 1 unspecified atom stereocenters. The van der Waals surface area contributed by atoms with E-state index in [1.165, 1.54) is 0 Å². The van der Waals surface area contributed by atoms with Crippen molar-refractivity contribution in [2.24, 2.45) is 0 Å². The Labute approximate surface area is 102 Å². The highest BCUT2D eigenvalue weighted by Gasteiger charge is 2.31. The first kappa shape index (κ1) is 16.3. The molecule has 2 N–H and O–H groups in total. The molecule has 0 heterocycles. The van der Waals surface area contributed by atoms with Gasteiger partial charge in [0.2, 0.25) is 0 Å². The summed E-state index contributed by atoms with van der Waals surface area (Å²) in [4.78, 5) is 10.9. The Morgan fingerprint density at radius 1 is 1.24 bits per heavy atom. The van der Waals surface area contributed by atoms with Crippen molar-refractivity contribution in [2.75, 3.05) is 47.2 Å². The second-order valence-corrected chi connectivity index (χ2v) is 3.90. The molecule has 1 atom stereocenters. The van der Waals surface area contributed by atoms with Crippen LogP contribution in [0.1, 0.15) is 13.3 Å². The highest BCUT2D eigenvalue weighted by atomic mass is 16.5. The van der Waals surface area contributed by atoms with Crippen molar-refractivity contribution in [3.8, 4) is 0 Å². The van der Waals surface area contributed by atoms with Crippen LogP contribution in [0, 0.1) is 0 Å². The number of rotatable bonds is 11. The van der Waals surface area contributed by atoms with Gasteiger partial charge in [0.05, 0.1) is 19.8 Å². The first-order valence-corrected chi connectivity index (χ1v) is 5.63. The summed E-state index contributed by atoms with van der Waals surface area (Å²) in [5, 5.41) is 11.7. The summed E-state index contributed by atoms with van der Waals surface area (Å²) >= 11 is 0. The molecule has 0 aromatic heterocycles. The van der Waals surface area contributed by atoms with Crippen molar-refractivity contribution in [3.05, 3.63) is 0 Å². The predicted octanol–water partition coefficient (Wildman–Crippen LogP) is 0.119. The molecule has 0 spiro atoms. The molecule has 102 valence electrons. The molecule has 0 aliphatic rings. The number of ether oxygens (including phenoxy) is 3. The van der Waals surface area contributed by atoms with E-state index in [0.717, 1.165) is 6.42 Å². The molecule has 0 bridgehead atoms. The molecule has 0 amide bonds. The van der Waals surface area contributed by atoms with Crippen molar-refractivity contribution in [1.82, 2.24) is 5.32 Å². The Kier molecular flexibility index (Phi) is 8.97. The molecule has 0 aliphatic carbocycles. The van der Waals surface area contributed by atoms with E-state index >= 15 is 0 Å². The van der Waals surface area contributed by atoms with Crippen molar-refractivity contribution >= 4 is 5.97 Å². The van der Waals surface area contributed by atoms with Gasteiger partial charge in [0, 0.05) is 20.3 Å². The minimum absolute atomic E-state index is 0.136. The highest BCUT2D eigenvalue weighted by molar-refractivity contribution is 5.78. The summed E-state index contributed by atoms with van der Waals surface area (Å²) in [7, 11) is 3.22. The molecular weight excluding hydrogens is 226 g/mol. The molecule has 0 aliphatic heterocycles. The maximum absolute atomic E-state index is 10.9. The first-order chi connectivity index (χ1) is 8.06. The van der Waals surface area contributed by atoms with Crippen LogP contribution in [0.4, 0.5) is 0 Å². The fourth-order valence-corrected chi connectivity index (χ4v) is 1.02. The predicted molar refractivity (Wildman–Crippen MR) is 63.2 cm³/mol. The fraction of sp³-hybridized carbons (Fsp3) is 0.909. The van der Waals surface area contributed by atoms with E-state index in [9.17, 15) is 4.79 Å². The van der Waals surface area contributed by atoms with E-state index in [4.69, 9.17) is 19.3 Å². The minimum Gasteiger partial charge on any atom is -0.480 e. The Balaban J connectivity index is 3.47. The van der Waals surface area contributed by atoms with Gasteiger partial charge in [-0.3, -0.25) is 4.79 Å². The molecule has 6 nitrogen and oxygen atoms in total. The maximum Gasteiger partial charge on any atom is 0.326 e. The van der Waals surface area contributed by atoms with Gasteiger partial charge in [-0.25, -0.2) is 0 Å². The van der Waals surface area contributed by atoms with Crippen molar-refractivity contribution in [1.29, 1.82) is 0 Å². The van der Waals surface area contributed by atoms with Crippen LogP contribution >= 0.6 is 0 Å². The molecule has 0 radical (unpaired) electrons. The molecule has 0 fully saturated rings. The maximum atomic E-state index is 10.9. The van der Waals surface area contributed by atoms with Crippen molar-refractivity contribution in [2.45, 2.75) is 18.9 Å². The van der Waals surface area contributed by atoms with Crippen molar-refractivity contribution in [3.63, 3.8) is 0 Å². The lowest BCUT2D eigenvalue weighted by Gasteiger charge is -2.23. The normalized spacial score (nSPS) is 14.5. The Hall–Kier alpha value is -0.690. The fourth-order valence-electron chi connectivity index (χ4n) is 1.02. The molecule has 0 saturated carbocycles. The lowest BCUT2D eigenvalue weighted by atomic mass is 10.1. The third-order valence-corrected chi connectivity index (χ3v) is 2.42. The van der Waals surface area contributed by atoms with E-state index in [0.29, 0.717) is 26.4 Å². The molecule has 0 aromatic carbocycles. The van der Waals surface area contributed by atoms with Gasteiger partial charge in [0.1, 0.15) is 5.54 Å². The summed E-state index contributed by atoms with van der Waals surface area (Å²) in [5.41, 5.74) is -1.03. The van der Waals surface area contributed by atoms with Gasteiger partial charge in [-0.1, -0.05) is 0 Å². The second kappa shape index (κ2) is 9.35. The summed E-state index contributed by atoms with van der Waals surface area (Å²) in [6, 6.07) is 0. The summed E-state index contributed by atoms with van der Waals surface area (Å²) in [5.74, 6) is -0.920. The van der Waals surface area contributed by atoms with Gasteiger partial charge in [-0.15, -0.1) is 0 Å². The summed E-state index contributed by atoms with van der Waals surface area (Å²) in [6.45, 7) is 3.95. The van der Waals surface area contributed by atoms with Crippen LogP contribution in [0.2, 0.25) is 0 Å². The van der Waals surface area contributed by atoms with Crippen LogP contribution in [0.5, 0.6) is 0 Å². The van der Waals surface area contributed by atoms with E-state index in [2.05, 4.69) is 5.32 Å². The quantitative estimate of drug-likeness (QED) is 0.506. The molecule has 0 aromatic rings. The number of aliphatic carboxylic acids is 1. The van der Waals surface area contributed by atoms with Crippen LogP contribution in [-0.4, -0.2) is 63.8 Å². The zero-order valence-corrected chi connectivity index (χ0v) is 10.8. The largest absolute Gasteiger partial charge is 0.480 e. The number of nitrogens with one attached hydrogen (secondary N) is 1. The number of methoxy groups -OCH3 is 1. The average Bonchev–Trinajstić information content (AvgIpc) is 2.32. The van der Waals surface area contributed by atoms with Crippen LogP contribution in [0.25, 0.3) is 0 Å². The SMILES string of the molecule is CNC(C)(COCCCOCCOC)C(=O)O. The smallest absolute Gasteiger partial charge is 0.326 e. The van der Waals surface area contributed by atoms with E-state index < -0.39 is 11.5 Å². The Morgan fingerprint density at radius 3 is 2.41 bits per heavy atom. The number of carbonyl (C=O) groups is 1. The van der Waals surface area contributed by atoms with Gasteiger partial charge in [-0.05, 0) is 20.4 Å². The summed E-state index contributed by atoms with van der Waals surface area (Å²) in [6.07, 6.45) is 0.739. The molecule has 0 saturated heterocycles. The highest BCUT2D eigenvalue weighted by Crippen LogP contribution is 2.04. The average molecular weight is 249 g/mol. The van der Waals surface area contributed by atoms with Gasteiger partial charge in [0.15, 0.2) is 0 Å². The molecule has 6 heteroatoms. The van der Waals surface area contributed by atoms with E-state index in [-0.39, 0.29) is 6.61 Å². The second-order valence-electron chi connectivity index (χ2n) is 3.90.